The molecule has 0 N–H and O–H groups in total. The highest BCUT2D eigenvalue weighted by molar-refractivity contribution is 5.71. The fourth-order valence-corrected chi connectivity index (χ4v) is 4.02. The van der Waals surface area contributed by atoms with Crippen molar-refractivity contribution in [2.45, 2.75) is 6.42 Å². The van der Waals surface area contributed by atoms with Gasteiger partial charge in [0.1, 0.15) is 0 Å². The average molecular weight is 456 g/mol. The molecule has 0 saturated carbocycles. The lowest BCUT2D eigenvalue weighted by molar-refractivity contribution is 0.554. The highest BCUT2D eigenvalue weighted by atomic mass is 16.4. The number of hydrogen-bond acceptors (Lipinski definition) is 5. The van der Waals surface area contributed by atoms with E-state index in [9.17, 15) is 0 Å². The molecule has 1 aliphatic rings. The summed E-state index contributed by atoms with van der Waals surface area (Å²) in [4.78, 5) is 0. The summed E-state index contributed by atoms with van der Waals surface area (Å²) in [6.07, 6.45) is 10.9. The van der Waals surface area contributed by atoms with Crippen molar-refractivity contribution in [3.05, 3.63) is 121 Å². The van der Waals surface area contributed by atoms with Gasteiger partial charge in [-0.05, 0) is 36.8 Å². The van der Waals surface area contributed by atoms with Crippen LogP contribution in [0, 0.1) is 0 Å². The first-order valence-electron chi connectivity index (χ1n) is 11.4. The first kappa shape index (κ1) is 20.7. The normalized spacial score (nSPS) is 13.0. The zero-order valence-corrected chi connectivity index (χ0v) is 18.8. The maximum atomic E-state index is 5.96. The number of hydrogen-bond donors (Lipinski definition) is 0. The Balaban J connectivity index is 1.36. The molecule has 0 unspecified atom stereocenters. The first-order valence-corrected chi connectivity index (χ1v) is 11.4. The van der Waals surface area contributed by atoms with Crippen LogP contribution in [-0.4, -0.2) is 25.0 Å². The number of allylic oxidation sites excluding steroid dienone is 6. The van der Waals surface area contributed by atoms with Crippen LogP contribution in [0.25, 0.3) is 45.5 Å². The van der Waals surface area contributed by atoms with Crippen molar-refractivity contribution >= 4 is 5.57 Å². The van der Waals surface area contributed by atoms with Crippen LogP contribution in [0.2, 0.25) is 0 Å². The summed E-state index contributed by atoms with van der Waals surface area (Å²) in [5.41, 5.74) is 4.71. The molecule has 0 amide bonds. The van der Waals surface area contributed by atoms with E-state index in [1.54, 1.807) is 0 Å². The molecule has 1 aliphatic carbocycles. The molecule has 3 aromatic carbocycles. The SMILES string of the molecule is C1=CCC=C(c2nnc(-c3ccc(-c4nnc(-c5ccccc5)n4-c4ccccc4)cc3)o2)C=C1. The minimum absolute atomic E-state index is 0.479. The van der Waals surface area contributed by atoms with Crippen molar-refractivity contribution in [3.63, 3.8) is 0 Å². The summed E-state index contributed by atoms with van der Waals surface area (Å²) in [5.74, 6) is 2.54. The summed E-state index contributed by atoms with van der Waals surface area (Å²) >= 11 is 0. The van der Waals surface area contributed by atoms with Crippen molar-refractivity contribution in [1.29, 1.82) is 0 Å². The zero-order valence-electron chi connectivity index (χ0n) is 18.8. The van der Waals surface area contributed by atoms with E-state index in [0.717, 1.165) is 46.0 Å². The third kappa shape index (κ3) is 4.13. The van der Waals surface area contributed by atoms with Gasteiger partial charge in [-0.15, -0.1) is 20.4 Å². The molecule has 6 nitrogen and oxygen atoms in total. The van der Waals surface area contributed by atoms with Gasteiger partial charge < -0.3 is 4.42 Å². The van der Waals surface area contributed by atoms with Gasteiger partial charge >= 0.3 is 0 Å². The molecule has 0 radical (unpaired) electrons. The van der Waals surface area contributed by atoms with Crippen LogP contribution in [0.5, 0.6) is 0 Å². The van der Waals surface area contributed by atoms with Gasteiger partial charge in [-0.3, -0.25) is 4.57 Å². The molecular weight excluding hydrogens is 434 g/mol. The molecular formula is C29H21N5O. The van der Waals surface area contributed by atoms with E-state index < -0.39 is 0 Å². The maximum absolute atomic E-state index is 5.96. The van der Waals surface area contributed by atoms with Crippen molar-refractivity contribution in [3.8, 4) is 39.9 Å². The molecule has 6 rings (SSSR count). The van der Waals surface area contributed by atoms with Crippen molar-refractivity contribution in [2.75, 3.05) is 0 Å². The quantitative estimate of drug-likeness (QED) is 0.300. The van der Waals surface area contributed by atoms with Gasteiger partial charge in [0.05, 0.1) is 0 Å². The lowest BCUT2D eigenvalue weighted by Gasteiger charge is -2.11. The molecule has 0 atom stereocenters. The number of benzene rings is 3. The second kappa shape index (κ2) is 9.19. The Morgan fingerprint density at radius 3 is 1.97 bits per heavy atom. The Kier molecular flexibility index (Phi) is 5.45. The Hall–Kier alpha value is -4.84. The Labute approximate surface area is 202 Å². The standard InChI is InChI=1S/C29H21N5O/c1-2-6-14-23(13-5-1)28-32-33-29(35-28)24-19-17-22(18-20-24)27-31-30-26(21-11-7-3-8-12-21)34(27)25-15-9-4-10-16-25/h1-5,7-20H,6H2. The number of rotatable bonds is 5. The fraction of sp³-hybridized carbons (Fsp3) is 0.0345. The fourth-order valence-electron chi connectivity index (χ4n) is 4.02. The predicted octanol–water partition coefficient (Wildman–Crippen LogP) is 6.55. The van der Waals surface area contributed by atoms with E-state index in [1.165, 1.54) is 0 Å². The van der Waals surface area contributed by atoms with E-state index in [4.69, 9.17) is 4.42 Å². The topological polar surface area (TPSA) is 69.6 Å². The minimum atomic E-state index is 0.479. The summed E-state index contributed by atoms with van der Waals surface area (Å²) in [6, 6.07) is 28.2. The molecule has 0 spiro atoms. The van der Waals surface area contributed by atoms with Crippen molar-refractivity contribution in [1.82, 2.24) is 25.0 Å². The van der Waals surface area contributed by atoms with Gasteiger partial charge in [0.25, 0.3) is 0 Å². The van der Waals surface area contributed by atoms with E-state index in [-0.39, 0.29) is 0 Å². The molecule has 6 heteroatoms. The highest BCUT2D eigenvalue weighted by Crippen LogP contribution is 2.30. The third-order valence-electron chi connectivity index (χ3n) is 5.77. The smallest absolute Gasteiger partial charge is 0.248 e. The first-order chi connectivity index (χ1) is 17.4. The molecule has 168 valence electrons. The van der Waals surface area contributed by atoms with E-state index >= 15 is 0 Å². The molecule has 5 aromatic rings. The van der Waals surface area contributed by atoms with Gasteiger partial charge in [-0.2, -0.15) is 0 Å². The largest absolute Gasteiger partial charge is 0.416 e. The molecule has 2 aromatic heterocycles. The van der Waals surface area contributed by atoms with Gasteiger partial charge in [0, 0.05) is 28.0 Å². The van der Waals surface area contributed by atoms with Crippen molar-refractivity contribution < 1.29 is 4.42 Å². The summed E-state index contributed by atoms with van der Waals surface area (Å²) < 4.78 is 8.04. The maximum Gasteiger partial charge on any atom is 0.248 e. The van der Waals surface area contributed by atoms with Crippen LogP contribution < -0.4 is 0 Å². The van der Waals surface area contributed by atoms with E-state index in [2.05, 4.69) is 49.2 Å². The number of aromatic nitrogens is 5. The van der Waals surface area contributed by atoms with Crippen LogP contribution in [0.3, 0.4) is 0 Å². The minimum Gasteiger partial charge on any atom is -0.416 e. The average Bonchev–Trinajstić information content (AvgIpc) is 3.51. The van der Waals surface area contributed by atoms with E-state index in [1.807, 2.05) is 91.0 Å². The van der Waals surface area contributed by atoms with Crippen LogP contribution in [0.1, 0.15) is 12.3 Å². The second-order valence-electron chi connectivity index (χ2n) is 8.06. The van der Waals surface area contributed by atoms with Crippen molar-refractivity contribution in [2.24, 2.45) is 0 Å². The summed E-state index contributed by atoms with van der Waals surface area (Å²) in [6.45, 7) is 0. The predicted molar refractivity (Wildman–Crippen MR) is 136 cm³/mol. The van der Waals surface area contributed by atoms with Crippen LogP contribution in [0.15, 0.2) is 120 Å². The van der Waals surface area contributed by atoms with Gasteiger partial charge in [-0.25, -0.2) is 0 Å². The lowest BCUT2D eigenvalue weighted by Crippen LogP contribution is -2.00. The van der Waals surface area contributed by atoms with Crippen LogP contribution >= 0.6 is 0 Å². The molecule has 2 heterocycles. The second-order valence-corrected chi connectivity index (χ2v) is 8.06. The zero-order chi connectivity index (χ0) is 23.5. The Bertz CT molecular complexity index is 1540. The molecule has 0 saturated heterocycles. The van der Waals surface area contributed by atoms with Crippen LogP contribution in [-0.2, 0) is 0 Å². The van der Waals surface area contributed by atoms with Gasteiger partial charge in [0.2, 0.25) is 11.8 Å². The third-order valence-corrected chi connectivity index (χ3v) is 5.77. The Morgan fingerprint density at radius 1 is 0.600 bits per heavy atom. The summed E-state index contributed by atoms with van der Waals surface area (Å²) in [5, 5.41) is 17.6. The summed E-state index contributed by atoms with van der Waals surface area (Å²) in [7, 11) is 0. The molecule has 0 bridgehead atoms. The van der Waals surface area contributed by atoms with E-state index in [0.29, 0.717) is 11.8 Å². The monoisotopic (exact) mass is 455 g/mol. The number of nitrogens with zero attached hydrogens (tertiary/aromatic N) is 5. The number of para-hydroxylation sites is 1. The molecule has 0 aliphatic heterocycles. The van der Waals surface area contributed by atoms with Crippen LogP contribution in [0.4, 0.5) is 0 Å². The molecule has 35 heavy (non-hydrogen) atoms. The highest BCUT2D eigenvalue weighted by Gasteiger charge is 2.18. The Morgan fingerprint density at radius 2 is 1.23 bits per heavy atom. The lowest BCUT2D eigenvalue weighted by atomic mass is 10.1. The van der Waals surface area contributed by atoms with Gasteiger partial charge in [0.15, 0.2) is 11.6 Å². The van der Waals surface area contributed by atoms with Gasteiger partial charge in [-0.1, -0.05) is 85.0 Å². The molecule has 0 fully saturated rings.